The fraction of sp³-hybridized carbons (Fsp3) is 0.467. The van der Waals surface area contributed by atoms with E-state index in [1.807, 2.05) is 0 Å². The molecule has 1 heterocycles. The number of ether oxygens (including phenoxy) is 2. The van der Waals surface area contributed by atoms with Crippen LogP contribution in [-0.2, 0) is 4.79 Å². The van der Waals surface area contributed by atoms with Crippen molar-refractivity contribution >= 4 is 11.9 Å². The summed E-state index contributed by atoms with van der Waals surface area (Å²) in [5.41, 5.74) is -3.59. The molecule has 0 radical (unpaired) electrons. The van der Waals surface area contributed by atoms with Gasteiger partial charge in [-0.15, -0.1) is 0 Å². The zero-order valence-corrected chi connectivity index (χ0v) is 13.3. The zero-order valence-electron chi connectivity index (χ0n) is 13.3. The highest BCUT2D eigenvalue weighted by molar-refractivity contribution is 5.96. The highest BCUT2D eigenvalue weighted by Crippen LogP contribution is 2.46. The third-order valence-corrected chi connectivity index (χ3v) is 4.21. The van der Waals surface area contributed by atoms with Gasteiger partial charge >= 0.3 is 12.1 Å². The van der Waals surface area contributed by atoms with Crippen molar-refractivity contribution < 1.29 is 41.7 Å². The summed E-state index contributed by atoms with van der Waals surface area (Å²) in [5.74, 6) is -4.10. The molecule has 1 atom stereocenters. The Balaban J connectivity index is 2.36. The molecule has 0 spiro atoms. The molecule has 25 heavy (non-hydrogen) atoms. The highest BCUT2D eigenvalue weighted by Gasteiger charge is 2.64. The maximum absolute atomic E-state index is 14.1. The number of carboxylic acid groups (broad SMARTS) is 1. The summed E-state index contributed by atoms with van der Waals surface area (Å²) in [7, 11) is 2.50. The first-order chi connectivity index (χ1) is 11.6. The van der Waals surface area contributed by atoms with Gasteiger partial charge in [-0.05, 0) is 12.5 Å². The van der Waals surface area contributed by atoms with Gasteiger partial charge in [0.2, 0.25) is 0 Å². The Morgan fingerprint density at radius 2 is 1.76 bits per heavy atom. The fourth-order valence-corrected chi connectivity index (χ4v) is 2.70. The van der Waals surface area contributed by atoms with E-state index in [9.17, 15) is 27.2 Å². The minimum Gasteiger partial charge on any atom is -0.493 e. The quantitative estimate of drug-likeness (QED) is 0.829. The standard InChI is InChI=1S/C15H15F4NO5/c1-24-10-5-8(9(16)6-11(10)25-2)12(21)20-4-3-14(7-20,13(22)23)15(17,18)19/h5-6H,3-4,7H2,1-2H3,(H,22,23). The van der Waals surface area contributed by atoms with E-state index in [-0.39, 0.29) is 11.5 Å². The van der Waals surface area contributed by atoms with Gasteiger partial charge in [-0.2, -0.15) is 13.2 Å². The number of rotatable bonds is 4. The van der Waals surface area contributed by atoms with Gasteiger partial charge in [-0.25, -0.2) is 4.39 Å². The molecule has 138 valence electrons. The molecule has 0 saturated carbocycles. The first-order valence-corrected chi connectivity index (χ1v) is 7.08. The molecule has 1 amide bonds. The van der Waals surface area contributed by atoms with Crippen LogP contribution in [0.15, 0.2) is 12.1 Å². The molecule has 0 bridgehead atoms. The molecular weight excluding hydrogens is 350 g/mol. The number of carbonyl (C=O) groups excluding carboxylic acids is 1. The van der Waals surface area contributed by atoms with E-state index in [4.69, 9.17) is 14.6 Å². The number of halogens is 4. The van der Waals surface area contributed by atoms with E-state index in [0.717, 1.165) is 12.1 Å². The predicted molar refractivity (Wildman–Crippen MR) is 76.1 cm³/mol. The molecule has 1 aromatic rings. The molecule has 1 fully saturated rings. The van der Waals surface area contributed by atoms with Crippen LogP contribution in [0.1, 0.15) is 16.8 Å². The van der Waals surface area contributed by atoms with E-state index in [2.05, 4.69) is 0 Å². The Morgan fingerprint density at radius 1 is 1.20 bits per heavy atom. The van der Waals surface area contributed by atoms with Crippen molar-refractivity contribution in [3.05, 3.63) is 23.5 Å². The van der Waals surface area contributed by atoms with E-state index >= 15 is 0 Å². The smallest absolute Gasteiger partial charge is 0.406 e. The second-order valence-electron chi connectivity index (χ2n) is 5.55. The number of nitrogens with zero attached hydrogens (tertiary/aromatic N) is 1. The van der Waals surface area contributed by atoms with Gasteiger partial charge in [0.15, 0.2) is 16.9 Å². The lowest BCUT2D eigenvalue weighted by molar-refractivity contribution is -0.227. The average molecular weight is 365 g/mol. The van der Waals surface area contributed by atoms with Crippen molar-refractivity contribution in [1.82, 2.24) is 4.90 Å². The Kier molecular flexibility index (Phi) is 4.83. The summed E-state index contributed by atoms with van der Waals surface area (Å²) in [5, 5.41) is 9.01. The Labute approximate surface area is 139 Å². The van der Waals surface area contributed by atoms with Gasteiger partial charge in [0.05, 0.1) is 19.8 Å². The van der Waals surface area contributed by atoms with Crippen molar-refractivity contribution in [2.45, 2.75) is 12.6 Å². The number of methoxy groups -OCH3 is 2. The van der Waals surface area contributed by atoms with Crippen LogP contribution < -0.4 is 9.47 Å². The van der Waals surface area contributed by atoms with Crippen LogP contribution in [0.4, 0.5) is 17.6 Å². The molecule has 10 heteroatoms. The number of likely N-dealkylation sites (tertiary alicyclic amines) is 1. The summed E-state index contributed by atoms with van der Waals surface area (Å²) in [6.07, 6.45) is -5.84. The average Bonchev–Trinajstić information content (AvgIpc) is 3.00. The topological polar surface area (TPSA) is 76.1 Å². The number of amides is 1. The Hall–Kier alpha value is -2.52. The van der Waals surface area contributed by atoms with E-state index in [1.54, 1.807) is 0 Å². The van der Waals surface area contributed by atoms with Crippen LogP contribution in [0.3, 0.4) is 0 Å². The van der Waals surface area contributed by atoms with E-state index in [0.29, 0.717) is 4.90 Å². The number of carbonyl (C=O) groups is 2. The van der Waals surface area contributed by atoms with Crippen molar-refractivity contribution in [1.29, 1.82) is 0 Å². The molecule has 6 nitrogen and oxygen atoms in total. The minimum absolute atomic E-state index is 0.00754. The summed E-state index contributed by atoms with van der Waals surface area (Å²) in [4.78, 5) is 24.2. The summed E-state index contributed by atoms with van der Waals surface area (Å²) >= 11 is 0. The van der Waals surface area contributed by atoms with Crippen LogP contribution >= 0.6 is 0 Å². The number of hydrogen-bond acceptors (Lipinski definition) is 4. The highest BCUT2D eigenvalue weighted by atomic mass is 19.4. The lowest BCUT2D eigenvalue weighted by atomic mass is 9.86. The predicted octanol–water partition coefficient (Wildman–Crippen LogP) is 2.32. The molecule has 1 N–H and O–H groups in total. The van der Waals surface area contributed by atoms with Crippen molar-refractivity contribution in [3.63, 3.8) is 0 Å². The van der Waals surface area contributed by atoms with Crippen LogP contribution in [-0.4, -0.2) is 55.4 Å². The minimum atomic E-state index is -5.04. The van der Waals surface area contributed by atoms with E-state index in [1.165, 1.54) is 14.2 Å². The van der Waals surface area contributed by atoms with Gasteiger partial charge in [-0.1, -0.05) is 0 Å². The number of hydrogen-bond donors (Lipinski definition) is 1. The maximum Gasteiger partial charge on any atom is 0.406 e. The van der Waals surface area contributed by atoms with Gasteiger partial charge in [0, 0.05) is 19.2 Å². The lowest BCUT2D eigenvalue weighted by Crippen LogP contribution is -2.47. The van der Waals surface area contributed by atoms with Crippen LogP contribution in [0, 0.1) is 11.2 Å². The second-order valence-corrected chi connectivity index (χ2v) is 5.55. The number of carboxylic acids is 1. The van der Waals surface area contributed by atoms with Crippen molar-refractivity contribution in [2.24, 2.45) is 5.41 Å². The monoisotopic (exact) mass is 365 g/mol. The van der Waals surface area contributed by atoms with Crippen LogP contribution in [0.2, 0.25) is 0 Å². The van der Waals surface area contributed by atoms with Gasteiger partial charge in [-0.3, -0.25) is 9.59 Å². The zero-order chi connectivity index (χ0) is 19.0. The van der Waals surface area contributed by atoms with Crippen LogP contribution in [0.25, 0.3) is 0 Å². The molecule has 1 aliphatic rings. The third-order valence-electron chi connectivity index (χ3n) is 4.21. The fourth-order valence-electron chi connectivity index (χ4n) is 2.70. The normalized spacial score (nSPS) is 20.5. The first-order valence-electron chi connectivity index (χ1n) is 7.08. The molecule has 1 aliphatic heterocycles. The number of benzene rings is 1. The van der Waals surface area contributed by atoms with Gasteiger partial charge in [0.25, 0.3) is 5.91 Å². The van der Waals surface area contributed by atoms with E-state index < -0.39 is 54.4 Å². The number of aliphatic carboxylic acids is 1. The van der Waals surface area contributed by atoms with Crippen LogP contribution in [0.5, 0.6) is 11.5 Å². The summed E-state index contributed by atoms with van der Waals surface area (Å²) < 4.78 is 63.5. The summed E-state index contributed by atoms with van der Waals surface area (Å²) in [6.45, 7) is -1.54. The molecule has 0 aliphatic carbocycles. The molecule has 2 rings (SSSR count). The SMILES string of the molecule is COc1cc(F)c(C(=O)N2CCC(C(=O)O)(C(F)(F)F)C2)cc1OC. The third kappa shape index (κ3) is 3.08. The van der Waals surface area contributed by atoms with Crippen molar-refractivity contribution in [2.75, 3.05) is 27.3 Å². The van der Waals surface area contributed by atoms with Crippen molar-refractivity contribution in [3.8, 4) is 11.5 Å². The van der Waals surface area contributed by atoms with Gasteiger partial charge < -0.3 is 19.5 Å². The number of alkyl halides is 3. The summed E-state index contributed by atoms with van der Waals surface area (Å²) in [6, 6.07) is 1.88. The molecule has 1 saturated heterocycles. The first kappa shape index (κ1) is 18.8. The molecule has 1 unspecified atom stereocenters. The molecular formula is C15H15F4NO5. The second kappa shape index (κ2) is 6.41. The Bertz CT molecular complexity index is 706. The maximum atomic E-state index is 14.1. The lowest BCUT2D eigenvalue weighted by Gasteiger charge is -2.27. The largest absolute Gasteiger partial charge is 0.493 e. The molecule has 0 aromatic heterocycles. The Morgan fingerprint density at radius 3 is 2.20 bits per heavy atom. The van der Waals surface area contributed by atoms with Gasteiger partial charge in [0.1, 0.15) is 5.82 Å². The molecule has 1 aromatic carbocycles.